The standard InChI is InChI=1S/C8H15NO4/c1-2-9-7(8(10)11)5-13-6-3-12-4-6/h6-7,9H,2-5H2,1H3,(H,10,11). The van der Waals surface area contributed by atoms with Crippen molar-refractivity contribution in [1.29, 1.82) is 0 Å². The van der Waals surface area contributed by atoms with Gasteiger partial charge in [-0.2, -0.15) is 0 Å². The van der Waals surface area contributed by atoms with E-state index in [2.05, 4.69) is 5.32 Å². The van der Waals surface area contributed by atoms with Crippen LogP contribution in [0.15, 0.2) is 0 Å². The molecule has 0 bridgehead atoms. The van der Waals surface area contributed by atoms with Crippen molar-refractivity contribution >= 4 is 5.97 Å². The van der Waals surface area contributed by atoms with Gasteiger partial charge in [0, 0.05) is 0 Å². The number of likely N-dealkylation sites (N-methyl/N-ethyl adjacent to an activating group) is 1. The first-order valence-corrected chi connectivity index (χ1v) is 4.39. The Bertz CT molecular complexity index is 170. The second-order valence-electron chi connectivity index (χ2n) is 2.94. The van der Waals surface area contributed by atoms with Crippen LogP contribution < -0.4 is 5.32 Å². The number of rotatable bonds is 6. The van der Waals surface area contributed by atoms with E-state index >= 15 is 0 Å². The topological polar surface area (TPSA) is 67.8 Å². The molecule has 2 N–H and O–H groups in total. The normalized spacial score (nSPS) is 19.5. The van der Waals surface area contributed by atoms with Crippen LogP contribution >= 0.6 is 0 Å². The van der Waals surface area contributed by atoms with Crippen LogP contribution in [0, 0.1) is 0 Å². The minimum Gasteiger partial charge on any atom is -0.480 e. The van der Waals surface area contributed by atoms with Gasteiger partial charge in [0.05, 0.1) is 19.8 Å². The van der Waals surface area contributed by atoms with Crippen LogP contribution in [0.2, 0.25) is 0 Å². The summed E-state index contributed by atoms with van der Waals surface area (Å²) in [6.45, 7) is 3.86. The molecular formula is C8H15NO4. The minimum absolute atomic E-state index is 0.0838. The summed E-state index contributed by atoms with van der Waals surface area (Å²) in [7, 11) is 0. The fourth-order valence-corrected chi connectivity index (χ4v) is 1.01. The van der Waals surface area contributed by atoms with E-state index in [-0.39, 0.29) is 12.7 Å². The summed E-state index contributed by atoms with van der Waals surface area (Å²) in [5.41, 5.74) is 0. The molecule has 0 aromatic rings. The molecule has 0 aromatic carbocycles. The monoisotopic (exact) mass is 189 g/mol. The number of hydrogen-bond donors (Lipinski definition) is 2. The summed E-state index contributed by atoms with van der Waals surface area (Å²) in [4.78, 5) is 10.6. The van der Waals surface area contributed by atoms with Gasteiger partial charge in [0.25, 0.3) is 0 Å². The first-order valence-electron chi connectivity index (χ1n) is 4.39. The predicted octanol–water partition coefficient (Wildman–Crippen LogP) is -0.535. The smallest absolute Gasteiger partial charge is 0.323 e. The van der Waals surface area contributed by atoms with Gasteiger partial charge < -0.3 is 19.9 Å². The third-order valence-electron chi connectivity index (χ3n) is 1.85. The molecule has 0 saturated carbocycles. The maximum Gasteiger partial charge on any atom is 0.323 e. The van der Waals surface area contributed by atoms with Gasteiger partial charge >= 0.3 is 5.97 Å². The summed E-state index contributed by atoms with van der Waals surface area (Å²) in [6, 6.07) is -0.606. The molecule has 13 heavy (non-hydrogen) atoms. The second-order valence-corrected chi connectivity index (χ2v) is 2.94. The highest BCUT2D eigenvalue weighted by Crippen LogP contribution is 2.05. The number of hydrogen-bond acceptors (Lipinski definition) is 4. The van der Waals surface area contributed by atoms with Gasteiger partial charge in [-0.25, -0.2) is 0 Å². The summed E-state index contributed by atoms with van der Waals surface area (Å²) in [5, 5.41) is 11.6. The van der Waals surface area contributed by atoms with E-state index in [9.17, 15) is 4.79 Å². The summed E-state index contributed by atoms with van der Waals surface area (Å²) < 4.78 is 10.2. The lowest BCUT2D eigenvalue weighted by molar-refractivity contribution is -0.151. The molecule has 5 nitrogen and oxygen atoms in total. The number of carboxylic acid groups (broad SMARTS) is 1. The zero-order valence-electron chi connectivity index (χ0n) is 7.66. The molecule has 1 aliphatic rings. The van der Waals surface area contributed by atoms with Crippen LogP contribution in [0.4, 0.5) is 0 Å². The van der Waals surface area contributed by atoms with E-state index < -0.39 is 12.0 Å². The Morgan fingerprint density at radius 3 is 2.85 bits per heavy atom. The molecule has 0 aromatic heterocycles. The third kappa shape index (κ3) is 3.30. The van der Waals surface area contributed by atoms with Crippen LogP contribution in [0.25, 0.3) is 0 Å². The molecule has 1 unspecified atom stereocenters. The minimum atomic E-state index is -0.873. The maximum atomic E-state index is 10.6. The lowest BCUT2D eigenvalue weighted by atomic mass is 10.3. The van der Waals surface area contributed by atoms with E-state index in [1.54, 1.807) is 0 Å². The van der Waals surface area contributed by atoms with Crippen LogP contribution in [0.3, 0.4) is 0 Å². The van der Waals surface area contributed by atoms with Gasteiger partial charge in [0.1, 0.15) is 12.1 Å². The Kier molecular flexibility index (Phi) is 4.14. The van der Waals surface area contributed by atoms with Crippen molar-refractivity contribution in [1.82, 2.24) is 5.32 Å². The van der Waals surface area contributed by atoms with E-state index in [1.807, 2.05) is 6.92 Å². The lowest BCUT2D eigenvalue weighted by Crippen LogP contribution is -2.44. The Labute approximate surface area is 77.0 Å². The molecule has 0 amide bonds. The van der Waals surface area contributed by atoms with Gasteiger partial charge in [-0.15, -0.1) is 0 Å². The zero-order chi connectivity index (χ0) is 9.68. The van der Waals surface area contributed by atoms with Gasteiger partial charge in [0.2, 0.25) is 0 Å². The fourth-order valence-electron chi connectivity index (χ4n) is 1.01. The van der Waals surface area contributed by atoms with E-state index in [0.29, 0.717) is 19.8 Å². The Hall–Kier alpha value is -0.650. The second kappa shape index (κ2) is 5.16. The Morgan fingerprint density at radius 1 is 1.77 bits per heavy atom. The first kappa shape index (κ1) is 10.4. The molecule has 1 rings (SSSR count). The van der Waals surface area contributed by atoms with Crippen molar-refractivity contribution in [2.75, 3.05) is 26.4 Å². The molecule has 5 heteroatoms. The van der Waals surface area contributed by atoms with Gasteiger partial charge in [-0.1, -0.05) is 6.92 Å². The quantitative estimate of drug-likeness (QED) is 0.587. The molecule has 1 aliphatic heterocycles. The average molecular weight is 189 g/mol. The fraction of sp³-hybridized carbons (Fsp3) is 0.875. The van der Waals surface area contributed by atoms with Crippen molar-refractivity contribution in [3.63, 3.8) is 0 Å². The lowest BCUT2D eigenvalue weighted by Gasteiger charge is -2.27. The predicted molar refractivity (Wildman–Crippen MR) is 45.7 cm³/mol. The molecule has 0 spiro atoms. The molecule has 1 saturated heterocycles. The number of carbonyl (C=O) groups is 1. The van der Waals surface area contributed by atoms with Gasteiger partial charge in [-0.3, -0.25) is 4.79 Å². The van der Waals surface area contributed by atoms with Crippen LogP contribution in [0.5, 0.6) is 0 Å². The molecule has 1 atom stereocenters. The highest BCUT2D eigenvalue weighted by molar-refractivity contribution is 5.73. The van der Waals surface area contributed by atoms with Crippen LogP contribution in [-0.4, -0.2) is 49.6 Å². The van der Waals surface area contributed by atoms with Crippen molar-refractivity contribution in [3.8, 4) is 0 Å². The molecule has 76 valence electrons. The van der Waals surface area contributed by atoms with E-state index in [1.165, 1.54) is 0 Å². The van der Waals surface area contributed by atoms with Crippen molar-refractivity contribution in [2.24, 2.45) is 0 Å². The highest BCUT2D eigenvalue weighted by Gasteiger charge is 2.23. The number of aliphatic carboxylic acids is 1. The Morgan fingerprint density at radius 2 is 2.46 bits per heavy atom. The van der Waals surface area contributed by atoms with Crippen molar-refractivity contribution in [3.05, 3.63) is 0 Å². The number of ether oxygens (including phenoxy) is 2. The molecule has 1 fully saturated rings. The van der Waals surface area contributed by atoms with Crippen LogP contribution in [0.1, 0.15) is 6.92 Å². The van der Waals surface area contributed by atoms with Gasteiger partial charge in [0.15, 0.2) is 0 Å². The SMILES string of the molecule is CCNC(COC1COC1)C(=O)O. The largest absolute Gasteiger partial charge is 0.480 e. The summed E-state index contributed by atoms with van der Waals surface area (Å²) >= 11 is 0. The third-order valence-corrected chi connectivity index (χ3v) is 1.85. The van der Waals surface area contributed by atoms with Crippen LogP contribution in [-0.2, 0) is 14.3 Å². The molecular weight excluding hydrogens is 174 g/mol. The number of nitrogens with one attached hydrogen (secondary N) is 1. The Balaban J connectivity index is 2.16. The molecule has 0 aliphatic carbocycles. The van der Waals surface area contributed by atoms with Crippen molar-refractivity contribution < 1.29 is 19.4 Å². The zero-order valence-corrected chi connectivity index (χ0v) is 7.66. The summed E-state index contributed by atoms with van der Waals surface area (Å²) in [5.74, 6) is -0.873. The van der Waals surface area contributed by atoms with E-state index in [4.69, 9.17) is 14.6 Å². The average Bonchev–Trinajstić information content (AvgIpc) is 1.99. The first-order chi connectivity index (χ1) is 6.24. The molecule has 1 heterocycles. The maximum absolute atomic E-state index is 10.6. The summed E-state index contributed by atoms with van der Waals surface area (Å²) in [6.07, 6.45) is 0.0838. The molecule has 0 radical (unpaired) electrons. The highest BCUT2D eigenvalue weighted by atomic mass is 16.6. The number of carboxylic acids is 1. The van der Waals surface area contributed by atoms with Crippen molar-refractivity contribution in [2.45, 2.75) is 19.1 Å². The van der Waals surface area contributed by atoms with Gasteiger partial charge in [-0.05, 0) is 6.54 Å². The van der Waals surface area contributed by atoms with E-state index in [0.717, 1.165) is 0 Å².